The van der Waals surface area contributed by atoms with Gasteiger partial charge in [0.2, 0.25) is 11.5 Å². The van der Waals surface area contributed by atoms with Gasteiger partial charge >= 0.3 is 5.97 Å². The number of benzene rings is 1. The van der Waals surface area contributed by atoms with Crippen LogP contribution in [0.1, 0.15) is 12.5 Å². The van der Waals surface area contributed by atoms with Gasteiger partial charge in [-0.15, -0.1) is 11.6 Å². The second-order valence-corrected chi connectivity index (χ2v) is 3.88. The van der Waals surface area contributed by atoms with Crippen molar-refractivity contribution in [1.29, 1.82) is 0 Å². The van der Waals surface area contributed by atoms with Crippen molar-refractivity contribution < 1.29 is 23.6 Å². The Hall–Kier alpha value is -1.95. The topological polar surface area (TPSA) is 65.0 Å². The first-order valence-electron chi connectivity index (χ1n) is 5.79. The fraction of sp³-hybridized carbons (Fsp3) is 0.308. The van der Waals surface area contributed by atoms with Crippen molar-refractivity contribution in [2.75, 3.05) is 12.5 Å². The van der Waals surface area contributed by atoms with Crippen LogP contribution in [0.25, 0.3) is 0 Å². The van der Waals surface area contributed by atoms with E-state index in [0.717, 1.165) is 0 Å². The molecule has 0 saturated carbocycles. The number of alkyl halides is 1. The van der Waals surface area contributed by atoms with Gasteiger partial charge in [-0.3, -0.25) is 4.79 Å². The van der Waals surface area contributed by atoms with E-state index in [1.165, 1.54) is 24.3 Å². The monoisotopic (exact) mass is 301 g/mol. The highest BCUT2D eigenvalue weighted by Gasteiger charge is 2.21. The van der Waals surface area contributed by atoms with Crippen molar-refractivity contribution >= 4 is 29.1 Å². The van der Waals surface area contributed by atoms with Gasteiger partial charge in [-0.25, -0.2) is 9.18 Å². The van der Waals surface area contributed by atoms with Crippen LogP contribution in [0, 0.1) is 5.82 Å². The van der Waals surface area contributed by atoms with Gasteiger partial charge in [0, 0.05) is 0 Å². The van der Waals surface area contributed by atoms with E-state index < -0.39 is 23.3 Å². The highest BCUT2D eigenvalue weighted by Crippen LogP contribution is 2.04. The van der Waals surface area contributed by atoms with Crippen LogP contribution < -0.4 is 0 Å². The molecular formula is C13H13ClFNO4. The first-order chi connectivity index (χ1) is 9.58. The molecule has 1 rings (SSSR count). The molecule has 1 aromatic carbocycles. The number of ketones is 1. The van der Waals surface area contributed by atoms with Gasteiger partial charge in [-0.2, -0.15) is 0 Å². The van der Waals surface area contributed by atoms with Gasteiger partial charge in [-0.05, 0) is 24.6 Å². The van der Waals surface area contributed by atoms with E-state index in [-0.39, 0.29) is 19.0 Å². The number of carbonyl (C=O) groups excluding carboxylic acids is 2. The average Bonchev–Trinajstić information content (AvgIpc) is 2.45. The zero-order valence-corrected chi connectivity index (χ0v) is 11.5. The molecule has 0 fully saturated rings. The molecule has 0 aliphatic carbocycles. The Morgan fingerprint density at radius 1 is 1.30 bits per heavy atom. The number of carbonyl (C=O) groups is 2. The molecule has 0 aliphatic heterocycles. The predicted molar refractivity (Wildman–Crippen MR) is 71.0 cm³/mol. The van der Waals surface area contributed by atoms with Gasteiger partial charge < -0.3 is 9.57 Å². The number of esters is 1. The summed E-state index contributed by atoms with van der Waals surface area (Å²) in [5, 5.41) is 3.45. The van der Waals surface area contributed by atoms with Crippen LogP contribution in [-0.4, -0.2) is 30.0 Å². The second kappa shape index (κ2) is 8.27. The molecule has 108 valence electrons. The molecule has 20 heavy (non-hydrogen) atoms. The van der Waals surface area contributed by atoms with Gasteiger partial charge in [0.25, 0.3) is 0 Å². The standard InChI is InChI=1S/C13H13ClFNO4/c1-2-19-13(18)12(11(17)7-14)16-20-8-9-3-5-10(15)6-4-9/h3-6H,2,7-8H2,1H3. The molecule has 0 radical (unpaired) electrons. The molecule has 7 heteroatoms. The fourth-order valence-corrected chi connectivity index (χ4v) is 1.34. The quantitative estimate of drug-likeness (QED) is 0.254. The molecule has 5 nitrogen and oxygen atoms in total. The highest BCUT2D eigenvalue weighted by atomic mass is 35.5. The average molecular weight is 302 g/mol. The normalized spacial score (nSPS) is 11.1. The Bertz CT molecular complexity index is 502. The molecule has 0 atom stereocenters. The largest absolute Gasteiger partial charge is 0.461 e. The number of halogens is 2. The Kier molecular flexibility index (Phi) is 6.66. The maximum atomic E-state index is 12.7. The number of nitrogens with zero attached hydrogens (tertiary/aromatic N) is 1. The number of ether oxygens (including phenoxy) is 1. The van der Waals surface area contributed by atoms with Crippen LogP contribution >= 0.6 is 11.6 Å². The highest BCUT2D eigenvalue weighted by molar-refractivity contribution is 6.67. The summed E-state index contributed by atoms with van der Waals surface area (Å²) in [6.45, 7) is 1.68. The van der Waals surface area contributed by atoms with Gasteiger partial charge in [-0.1, -0.05) is 17.3 Å². The molecule has 0 saturated heterocycles. The Morgan fingerprint density at radius 3 is 2.50 bits per heavy atom. The van der Waals surface area contributed by atoms with Gasteiger partial charge in [0.1, 0.15) is 12.4 Å². The summed E-state index contributed by atoms with van der Waals surface area (Å²) in [6, 6.07) is 5.52. The first kappa shape index (κ1) is 16.1. The lowest BCUT2D eigenvalue weighted by molar-refractivity contribution is -0.136. The minimum atomic E-state index is -0.891. The lowest BCUT2D eigenvalue weighted by atomic mass is 10.2. The van der Waals surface area contributed by atoms with E-state index in [1.807, 2.05) is 0 Å². The third-order valence-electron chi connectivity index (χ3n) is 2.15. The van der Waals surface area contributed by atoms with Gasteiger partial charge in [0.05, 0.1) is 12.5 Å². The first-order valence-corrected chi connectivity index (χ1v) is 6.32. The fourth-order valence-electron chi connectivity index (χ4n) is 1.22. The van der Waals surface area contributed by atoms with E-state index in [0.29, 0.717) is 5.56 Å². The summed E-state index contributed by atoms with van der Waals surface area (Å²) in [5.41, 5.74) is 0.139. The van der Waals surface area contributed by atoms with Crippen LogP contribution in [0.5, 0.6) is 0 Å². The Labute approximate surface area is 120 Å². The third-order valence-corrected chi connectivity index (χ3v) is 2.40. The molecule has 0 heterocycles. The molecule has 1 aromatic rings. The zero-order chi connectivity index (χ0) is 15.0. The van der Waals surface area contributed by atoms with E-state index in [4.69, 9.17) is 16.4 Å². The number of hydrogen-bond acceptors (Lipinski definition) is 5. The maximum Gasteiger partial charge on any atom is 0.364 e. The molecule has 0 spiro atoms. The summed E-state index contributed by atoms with van der Waals surface area (Å²) in [7, 11) is 0. The van der Waals surface area contributed by atoms with Crippen molar-refractivity contribution in [3.63, 3.8) is 0 Å². The van der Waals surface area contributed by atoms with Crippen molar-refractivity contribution in [3.8, 4) is 0 Å². The molecule has 0 aromatic heterocycles. The third kappa shape index (κ3) is 4.97. The summed E-state index contributed by atoms with van der Waals surface area (Å²) in [4.78, 5) is 27.8. The lowest BCUT2D eigenvalue weighted by Gasteiger charge is -2.04. The van der Waals surface area contributed by atoms with Crippen LogP contribution in [0.4, 0.5) is 4.39 Å². The van der Waals surface area contributed by atoms with Crippen LogP contribution in [0.3, 0.4) is 0 Å². The van der Waals surface area contributed by atoms with Crippen LogP contribution in [0.15, 0.2) is 29.4 Å². The van der Waals surface area contributed by atoms with E-state index >= 15 is 0 Å². The van der Waals surface area contributed by atoms with Crippen LogP contribution in [0.2, 0.25) is 0 Å². The summed E-state index contributed by atoms with van der Waals surface area (Å²) >= 11 is 5.37. The lowest BCUT2D eigenvalue weighted by Crippen LogP contribution is -2.27. The molecular weight excluding hydrogens is 289 g/mol. The van der Waals surface area contributed by atoms with Crippen LogP contribution in [-0.2, 0) is 25.8 Å². The molecule has 0 aliphatic rings. The van der Waals surface area contributed by atoms with E-state index in [9.17, 15) is 14.0 Å². The minimum Gasteiger partial charge on any atom is -0.461 e. The van der Waals surface area contributed by atoms with Crippen molar-refractivity contribution in [3.05, 3.63) is 35.6 Å². The van der Waals surface area contributed by atoms with E-state index in [1.54, 1.807) is 6.92 Å². The minimum absolute atomic E-state index is 0.0151. The number of hydrogen-bond donors (Lipinski definition) is 0. The van der Waals surface area contributed by atoms with E-state index in [2.05, 4.69) is 9.89 Å². The second-order valence-electron chi connectivity index (χ2n) is 3.62. The molecule has 0 unspecified atom stereocenters. The smallest absolute Gasteiger partial charge is 0.364 e. The summed E-state index contributed by atoms with van der Waals surface area (Å²) < 4.78 is 17.4. The summed E-state index contributed by atoms with van der Waals surface area (Å²) in [5.74, 6) is -2.36. The zero-order valence-electron chi connectivity index (χ0n) is 10.8. The van der Waals surface area contributed by atoms with Gasteiger partial charge in [0.15, 0.2) is 0 Å². The number of rotatable bonds is 7. The Morgan fingerprint density at radius 2 is 1.95 bits per heavy atom. The molecule has 0 N–H and O–H groups in total. The predicted octanol–water partition coefficient (Wildman–Crippen LogP) is 2.07. The van der Waals surface area contributed by atoms with Crippen molar-refractivity contribution in [2.45, 2.75) is 13.5 Å². The SMILES string of the molecule is CCOC(=O)C(=NOCc1ccc(F)cc1)C(=O)CCl. The van der Waals surface area contributed by atoms with Crippen molar-refractivity contribution in [1.82, 2.24) is 0 Å². The Balaban J connectivity index is 2.69. The number of oxime groups is 1. The molecule has 0 bridgehead atoms. The summed E-state index contributed by atoms with van der Waals surface area (Å²) in [6.07, 6.45) is 0. The number of Topliss-reactive ketones (excluding diaryl/α,β-unsaturated/α-hetero) is 1. The van der Waals surface area contributed by atoms with Crippen molar-refractivity contribution in [2.24, 2.45) is 5.16 Å². The maximum absolute atomic E-state index is 12.7. The molecule has 0 amide bonds.